The number of hydrogen-bond acceptors (Lipinski definition) is 4. The van der Waals surface area contributed by atoms with Crippen LogP contribution in [0.4, 0.5) is 13.2 Å². The van der Waals surface area contributed by atoms with Gasteiger partial charge in [0.2, 0.25) is 0 Å². The van der Waals surface area contributed by atoms with Gasteiger partial charge in [-0.3, -0.25) is 4.99 Å². The molecule has 0 aromatic carbocycles. The molecular formula is C11H9BrF3NO2S. The monoisotopic (exact) mass is 355 g/mol. The van der Waals surface area contributed by atoms with Crippen molar-refractivity contribution in [1.82, 2.24) is 0 Å². The van der Waals surface area contributed by atoms with E-state index in [2.05, 4.69) is 20.9 Å². The standard InChI is InChI=1S/C11H9BrF3NO2S/c12-6-1-2-10(17-3-4-18-10)8-7(5-16-9(6)8)19-11(13,14)15/h5H,1-4H2. The Morgan fingerprint density at radius 2 is 2.00 bits per heavy atom. The highest BCUT2D eigenvalue weighted by atomic mass is 79.9. The van der Waals surface area contributed by atoms with E-state index in [1.807, 2.05) is 0 Å². The third kappa shape index (κ3) is 2.39. The van der Waals surface area contributed by atoms with Crippen molar-refractivity contribution < 1.29 is 22.6 Å². The lowest BCUT2D eigenvalue weighted by atomic mass is 9.92. The molecule has 0 bridgehead atoms. The maximum Gasteiger partial charge on any atom is 0.446 e. The lowest BCUT2D eigenvalue weighted by Gasteiger charge is -2.33. The molecule has 0 radical (unpaired) electrons. The van der Waals surface area contributed by atoms with Gasteiger partial charge in [-0.05, 0) is 18.2 Å². The molecule has 0 aromatic rings. The Morgan fingerprint density at radius 3 is 2.63 bits per heavy atom. The molecule has 2 heterocycles. The van der Waals surface area contributed by atoms with Crippen molar-refractivity contribution in [2.45, 2.75) is 24.1 Å². The number of hydrogen-bond donors (Lipinski definition) is 0. The first-order valence-corrected chi connectivity index (χ1v) is 7.24. The third-order valence-electron chi connectivity index (χ3n) is 3.09. The highest BCUT2D eigenvalue weighted by Crippen LogP contribution is 2.52. The van der Waals surface area contributed by atoms with Crippen LogP contribution >= 0.6 is 27.7 Å². The zero-order valence-corrected chi connectivity index (χ0v) is 12.0. The number of alkyl halides is 3. The molecule has 104 valence electrons. The van der Waals surface area contributed by atoms with Gasteiger partial charge in [0.15, 0.2) is 5.79 Å². The third-order valence-corrected chi connectivity index (χ3v) is 4.62. The molecule has 8 heteroatoms. The zero-order valence-electron chi connectivity index (χ0n) is 9.59. The summed E-state index contributed by atoms with van der Waals surface area (Å²) in [5.74, 6) is -1.06. The summed E-state index contributed by atoms with van der Waals surface area (Å²) in [5, 5.41) is 0. The second-order valence-corrected chi connectivity index (χ2v) is 6.31. The van der Waals surface area contributed by atoms with E-state index in [0.29, 0.717) is 37.3 Å². The predicted molar refractivity (Wildman–Crippen MR) is 69.0 cm³/mol. The average Bonchev–Trinajstić information content (AvgIpc) is 2.91. The van der Waals surface area contributed by atoms with Gasteiger partial charge in [-0.25, -0.2) is 0 Å². The van der Waals surface area contributed by atoms with Gasteiger partial charge >= 0.3 is 5.51 Å². The summed E-state index contributed by atoms with van der Waals surface area (Å²) in [6.45, 7) is 0.775. The second kappa shape index (κ2) is 4.61. The van der Waals surface area contributed by atoms with Crippen LogP contribution < -0.4 is 0 Å². The van der Waals surface area contributed by atoms with Crippen molar-refractivity contribution in [3.05, 3.63) is 20.7 Å². The van der Waals surface area contributed by atoms with Gasteiger partial charge in [0.25, 0.3) is 0 Å². The van der Waals surface area contributed by atoms with Crippen molar-refractivity contribution in [2.24, 2.45) is 4.99 Å². The van der Waals surface area contributed by atoms with Crippen molar-refractivity contribution in [3.63, 3.8) is 0 Å². The van der Waals surface area contributed by atoms with E-state index in [4.69, 9.17) is 9.47 Å². The molecule has 1 saturated heterocycles. The molecule has 0 N–H and O–H groups in total. The Hall–Kier alpha value is -0.310. The van der Waals surface area contributed by atoms with Crippen molar-refractivity contribution in [2.75, 3.05) is 13.2 Å². The molecule has 0 unspecified atom stereocenters. The van der Waals surface area contributed by atoms with Gasteiger partial charge in [0.05, 0.1) is 24.5 Å². The van der Waals surface area contributed by atoms with Gasteiger partial charge in [-0.1, -0.05) is 15.9 Å². The summed E-state index contributed by atoms with van der Waals surface area (Å²) in [4.78, 5) is 4.13. The Bertz CT molecular complexity index is 507. The van der Waals surface area contributed by atoms with E-state index in [1.54, 1.807) is 0 Å². The fourth-order valence-electron chi connectivity index (χ4n) is 2.41. The van der Waals surface area contributed by atoms with Crippen LogP contribution in [0.15, 0.2) is 25.7 Å². The summed E-state index contributed by atoms with van der Waals surface area (Å²) in [6.07, 6.45) is 2.38. The molecule has 0 atom stereocenters. The maximum atomic E-state index is 12.6. The van der Waals surface area contributed by atoms with Gasteiger partial charge < -0.3 is 9.47 Å². The average molecular weight is 356 g/mol. The van der Waals surface area contributed by atoms with E-state index in [-0.39, 0.29) is 16.7 Å². The number of allylic oxidation sites excluding steroid dienone is 2. The molecule has 2 aliphatic heterocycles. The molecule has 3 rings (SSSR count). The van der Waals surface area contributed by atoms with E-state index >= 15 is 0 Å². The molecule has 0 aromatic heterocycles. The van der Waals surface area contributed by atoms with Crippen molar-refractivity contribution in [3.8, 4) is 0 Å². The summed E-state index contributed by atoms with van der Waals surface area (Å²) in [7, 11) is 0. The number of aliphatic imine (C=N–C) groups is 1. The van der Waals surface area contributed by atoms with Gasteiger partial charge in [-0.15, -0.1) is 0 Å². The molecule has 1 spiro atoms. The van der Waals surface area contributed by atoms with Crippen LogP contribution in [0.1, 0.15) is 12.8 Å². The summed E-state index contributed by atoms with van der Waals surface area (Å²) in [6, 6.07) is 0. The minimum absolute atomic E-state index is 0.0565. The second-order valence-electron chi connectivity index (χ2n) is 4.25. The van der Waals surface area contributed by atoms with Crippen LogP contribution in [0.5, 0.6) is 0 Å². The summed E-state index contributed by atoms with van der Waals surface area (Å²) in [5.41, 5.74) is -3.43. The normalized spacial score (nSPS) is 25.7. The molecule has 1 fully saturated rings. The topological polar surface area (TPSA) is 30.8 Å². The molecule has 3 nitrogen and oxygen atoms in total. The highest BCUT2D eigenvalue weighted by Gasteiger charge is 2.49. The molecular weight excluding hydrogens is 347 g/mol. The number of rotatable bonds is 1. The molecule has 0 saturated carbocycles. The molecule has 19 heavy (non-hydrogen) atoms. The van der Waals surface area contributed by atoms with E-state index in [0.717, 1.165) is 4.48 Å². The van der Waals surface area contributed by atoms with Gasteiger partial charge in [-0.2, -0.15) is 13.2 Å². The van der Waals surface area contributed by atoms with Crippen LogP contribution in [-0.2, 0) is 9.47 Å². The number of halogens is 4. The molecule has 0 amide bonds. The Kier molecular flexibility index (Phi) is 3.32. The van der Waals surface area contributed by atoms with E-state index in [9.17, 15) is 13.2 Å². The number of thioether (sulfide) groups is 1. The van der Waals surface area contributed by atoms with E-state index < -0.39 is 11.3 Å². The molecule has 3 aliphatic rings. The minimum Gasteiger partial charge on any atom is -0.343 e. The van der Waals surface area contributed by atoms with E-state index in [1.165, 1.54) is 6.21 Å². The largest absolute Gasteiger partial charge is 0.446 e. The smallest absolute Gasteiger partial charge is 0.343 e. The number of fused-ring (bicyclic) bond motifs is 2. The first kappa shape index (κ1) is 13.7. The first-order valence-electron chi connectivity index (χ1n) is 5.63. The Balaban J connectivity index is 2.07. The first-order chi connectivity index (χ1) is 8.91. The van der Waals surface area contributed by atoms with Crippen LogP contribution in [0, 0.1) is 0 Å². The number of nitrogens with zero attached hydrogens (tertiary/aromatic N) is 1. The minimum atomic E-state index is -4.35. The lowest BCUT2D eigenvalue weighted by molar-refractivity contribution is -0.130. The van der Waals surface area contributed by atoms with Gasteiger partial charge in [0.1, 0.15) is 0 Å². The fourth-order valence-corrected chi connectivity index (χ4v) is 3.61. The van der Waals surface area contributed by atoms with Crippen molar-refractivity contribution in [1.29, 1.82) is 0 Å². The van der Waals surface area contributed by atoms with Crippen LogP contribution in [0.3, 0.4) is 0 Å². The Morgan fingerprint density at radius 1 is 1.32 bits per heavy atom. The quantitative estimate of drug-likeness (QED) is 0.718. The Labute approximate surface area is 120 Å². The highest BCUT2D eigenvalue weighted by molar-refractivity contribution is 9.11. The predicted octanol–water partition coefficient (Wildman–Crippen LogP) is 3.72. The SMILES string of the molecule is FC(F)(F)SC1=C2C(=C(Br)CCC23OCCO3)N=C1. The van der Waals surface area contributed by atoms with Crippen LogP contribution in [-0.4, -0.2) is 30.7 Å². The summed E-state index contributed by atoms with van der Waals surface area (Å²) < 4.78 is 49.8. The zero-order chi connectivity index (χ0) is 13.7. The lowest BCUT2D eigenvalue weighted by Crippen LogP contribution is -2.36. The van der Waals surface area contributed by atoms with Crippen LogP contribution in [0.25, 0.3) is 0 Å². The molecule has 1 aliphatic carbocycles. The fraction of sp³-hybridized carbons (Fsp3) is 0.545. The van der Waals surface area contributed by atoms with Crippen molar-refractivity contribution >= 4 is 33.9 Å². The van der Waals surface area contributed by atoms with Gasteiger partial charge in [0, 0.05) is 22.0 Å². The van der Waals surface area contributed by atoms with Crippen LogP contribution in [0.2, 0.25) is 0 Å². The summed E-state index contributed by atoms with van der Waals surface area (Å²) >= 11 is 3.19. The number of ether oxygens (including phenoxy) is 2. The maximum absolute atomic E-state index is 12.6.